The molecule has 0 aliphatic rings. The maximum atomic E-state index is 10.9. The summed E-state index contributed by atoms with van der Waals surface area (Å²) in [6.07, 6.45) is 6.49. The molecule has 0 saturated heterocycles. The van der Waals surface area contributed by atoms with Gasteiger partial charge in [0.25, 0.3) is 0 Å². The van der Waals surface area contributed by atoms with Gasteiger partial charge in [-0.3, -0.25) is 4.79 Å². The fourth-order valence-electron chi connectivity index (χ4n) is 1.37. The predicted molar refractivity (Wildman–Crippen MR) is 60.8 cm³/mol. The topological polar surface area (TPSA) is 35.5 Å². The quantitative estimate of drug-likeness (QED) is 0.439. The van der Waals surface area contributed by atoms with Crippen LogP contribution < -0.4 is 0 Å². The molecule has 0 aliphatic carbocycles. The molecule has 0 fully saturated rings. The van der Waals surface area contributed by atoms with Gasteiger partial charge in [-0.25, -0.2) is 0 Å². The van der Waals surface area contributed by atoms with Crippen molar-refractivity contribution in [2.24, 2.45) is 0 Å². The Labute approximate surface area is 93.1 Å². The van der Waals surface area contributed by atoms with E-state index >= 15 is 0 Å². The Morgan fingerprint density at radius 2 is 1.87 bits per heavy atom. The third-order valence-electron chi connectivity index (χ3n) is 2.33. The molecule has 0 bridgehead atoms. The van der Waals surface area contributed by atoms with E-state index in [1.807, 2.05) is 6.92 Å². The van der Waals surface area contributed by atoms with E-state index in [4.69, 9.17) is 4.74 Å². The molecule has 0 aromatic heterocycles. The predicted octanol–water partition coefficient (Wildman–Crippen LogP) is 2.93. The van der Waals surface area contributed by atoms with E-state index in [1.54, 1.807) is 0 Å². The van der Waals surface area contributed by atoms with Crippen LogP contribution in [0.4, 0.5) is 0 Å². The van der Waals surface area contributed by atoms with E-state index in [1.165, 1.54) is 32.8 Å². The Hall–Kier alpha value is -0.570. The zero-order valence-electron chi connectivity index (χ0n) is 10.3. The summed E-state index contributed by atoms with van der Waals surface area (Å²) in [6, 6.07) is 0. The minimum absolute atomic E-state index is 0.0244. The number of carbonyl (C=O) groups is 1. The van der Waals surface area contributed by atoms with Gasteiger partial charge in [0.2, 0.25) is 0 Å². The first-order valence-corrected chi connectivity index (χ1v) is 5.89. The van der Waals surface area contributed by atoms with Gasteiger partial charge in [-0.15, -0.1) is 0 Å². The molecule has 0 aliphatic heterocycles. The van der Waals surface area contributed by atoms with Gasteiger partial charge in [-0.05, 0) is 13.3 Å². The van der Waals surface area contributed by atoms with E-state index < -0.39 is 0 Å². The molecule has 0 aromatic carbocycles. The SMILES string of the molecule is CCCCCCCOC(C)CC(=O)OC. The van der Waals surface area contributed by atoms with Gasteiger partial charge in [-0.1, -0.05) is 32.6 Å². The number of methoxy groups -OCH3 is 1. The first-order valence-electron chi connectivity index (χ1n) is 5.89. The van der Waals surface area contributed by atoms with Crippen molar-refractivity contribution in [1.29, 1.82) is 0 Å². The standard InChI is InChI=1S/C12H24O3/c1-4-5-6-7-8-9-15-11(2)10-12(13)14-3/h11H,4-10H2,1-3H3. The second kappa shape index (κ2) is 9.97. The summed E-state index contributed by atoms with van der Waals surface area (Å²) in [7, 11) is 1.40. The van der Waals surface area contributed by atoms with Gasteiger partial charge in [0.05, 0.1) is 19.6 Å². The van der Waals surface area contributed by atoms with Crippen LogP contribution in [0, 0.1) is 0 Å². The van der Waals surface area contributed by atoms with Crippen molar-refractivity contribution in [3.8, 4) is 0 Å². The van der Waals surface area contributed by atoms with Crippen LogP contribution in [0.5, 0.6) is 0 Å². The molecule has 1 atom stereocenters. The summed E-state index contributed by atoms with van der Waals surface area (Å²) in [5, 5.41) is 0. The summed E-state index contributed by atoms with van der Waals surface area (Å²) in [6.45, 7) is 4.86. The third kappa shape index (κ3) is 9.73. The molecule has 0 radical (unpaired) electrons. The molecule has 3 heteroatoms. The molecular formula is C12H24O3. The average molecular weight is 216 g/mol. The molecule has 1 unspecified atom stereocenters. The highest BCUT2D eigenvalue weighted by molar-refractivity contribution is 5.69. The van der Waals surface area contributed by atoms with Crippen molar-refractivity contribution in [3.05, 3.63) is 0 Å². The van der Waals surface area contributed by atoms with Gasteiger partial charge >= 0.3 is 5.97 Å². The fraction of sp³-hybridized carbons (Fsp3) is 0.917. The lowest BCUT2D eigenvalue weighted by molar-refractivity contribution is -0.143. The van der Waals surface area contributed by atoms with Gasteiger partial charge in [0, 0.05) is 6.61 Å². The lowest BCUT2D eigenvalue weighted by Gasteiger charge is -2.11. The largest absolute Gasteiger partial charge is 0.469 e. The van der Waals surface area contributed by atoms with Crippen molar-refractivity contribution < 1.29 is 14.3 Å². The van der Waals surface area contributed by atoms with Gasteiger partial charge < -0.3 is 9.47 Å². The molecule has 0 saturated carbocycles. The van der Waals surface area contributed by atoms with Crippen LogP contribution in [0.15, 0.2) is 0 Å². The van der Waals surface area contributed by atoms with Gasteiger partial charge in [0.15, 0.2) is 0 Å². The molecule has 0 N–H and O–H groups in total. The van der Waals surface area contributed by atoms with E-state index in [0.29, 0.717) is 6.42 Å². The maximum Gasteiger partial charge on any atom is 0.308 e. The Kier molecular flexibility index (Phi) is 9.59. The molecule has 3 nitrogen and oxygen atoms in total. The Bertz CT molecular complexity index is 157. The Morgan fingerprint density at radius 1 is 1.20 bits per heavy atom. The Morgan fingerprint density at radius 3 is 2.47 bits per heavy atom. The van der Waals surface area contributed by atoms with Crippen LogP contribution >= 0.6 is 0 Å². The summed E-state index contributed by atoms with van der Waals surface area (Å²) >= 11 is 0. The molecule has 15 heavy (non-hydrogen) atoms. The van der Waals surface area contributed by atoms with Crippen LogP contribution in [0.25, 0.3) is 0 Å². The molecule has 0 amide bonds. The zero-order valence-corrected chi connectivity index (χ0v) is 10.3. The molecular weight excluding hydrogens is 192 g/mol. The minimum atomic E-state index is -0.200. The average Bonchev–Trinajstić information content (AvgIpc) is 2.23. The van der Waals surface area contributed by atoms with Crippen molar-refractivity contribution in [2.45, 2.75) is 58.5 Å². The van der Waals surface area contributed by atoms with Crippen LogP contribution in [-0.4, -0.2) is 25.8 Å². The second-order valence-electron chi connectivity index (χ2n) is 3.88. The van der Waals surface area contributed by atoms with E-state index in [0.717, 1.165) is 13.0 Å². The van der Waals surface area contributed by atoms with Crippen LogP contribution in [0.2, 0.25) is 0 Å². The summed E-state index contributed by atoms with van der Waals surface area (Å²) in [4.78, 5) is 10.9. The lowest BCUT2D eigenvalue weighted by atomic mass is 10.2. The molecule has 0 rings (SSSR count). The Balaban J connectivity index is 3.23. The smallest absolute Gasteiger partial charge is 0.308 e. The number of hydrogen-bond donors (Lipinski definition) is 0. The third-order valence-corrected chi connectivity index (χ3v) is 2.33. The second-order valence-corrected chi connectivity index (χ2v) is 3.88. The van der Waals surface area contributed by atoms with Gasteiger partial charge in [-0.2, -0.15) is 0 Å². The van der Waals surface area contributed by atoms with Crippen LogP contribution in [-0.2, 0) is 14.3 Å². The minimum Gasteiger partial charge on any atom is -0.469 e. The summed E-state index contributed by atoms with van der Waals surface area (Å²) < 4.78 is 10.1. The van der Waals surface area contributed by atoms with Crippen molar-refractivity contribution in [2.75, 3.05) is 13.7 Å². The number of esters is 1. The van der Waals surface area contributed by atoms with Crippen molar-refractivity contribution in [3.63, 3.8) is 0 Å². The summed E-state index contributed by atoms with van der Waals surface area (Å²) in [5.74, 6) is -0.200. The number of rotatable bonds is 9. The number of unbranched alkanes of at least 4 members (excludes halogenated alkanes) is 4. The van der Waals surface area contributed by atoms with Crippen LogP contribution in [0.3, 0.4) is 0 Å². The van der Waals surface area contributed by atoms with E-state index in [2.05, 4.69) is 11.7 Å². The first-order chi connectivity index (χ1) is 7.20. The monoisotopic (exact) mass is 216 g/mol. The molecule has 0 heterocycles. The highest BCUT2D eigenvalue weighted by Gasteiger charge is 2.08. The normalized spacial score (nSPS) is 12.5. The van der Waals surface area contributed by atoms with Crippen LogP contribution in [0.1, 0.15) is 52.4 Å². The maximum absolute atomic E-state index is 10.9. The highest BCUT2D eigenvalue weighted by atomic mass is 16.5. The van der Waals surface area contributed by atoms with E-state index in [-0.39, 0.29) is 12.1 Å². The molecule has 90 valence electrons. The first kappa shape index (κ1) is 14.4. The summed E-state index contributed by atoms with van der Waals surface area (Å²) in [5.41, 5.74) is 0. The molecule has 0 aromatic rings. The zero-order chi connectivity index (χ0) is 11.5. The number of carbonyl (C=O) groups excluding carboxylic acids is 1. The fourth-order valence-corrected chi connectivity index (χ4v) is 1.37. The van der Waals surface area contributed by atoms with Crippen molar-refractivity contribution >= 4 is 5.97 Å². The lowest BCUT2D eigenvalue weighted by Crippen LogP contribution is -2.15. The number of ether oxygens (including phenoxy) is 2. The van der Waals surface area contributed by atoms with Gasteiger partial charge in [0.1, 0.15) is 0 Å². The number of hydrogen-bond acceptors (Lipinski definition) is 3. The molecule has 0 spiro atoms. The highest BCUT2D eigenvalue weighted by Crippen LogP contribution is 2.05. The van der Waals surface area contributed by atoms with E-state index in [9.17, 15) is 4.79 Å². The van der Waals surface area contributed by atoms with Crippen molar-refractivity contribution in [1.82, 2.24) is 0 Å².